The molecule has 2 heterocycles. The molecular formula is C12H7Cl2N3S2. The molecule has 19 heavy (non-hydrogen) atoms. The zero-order valence-electron chi connectivity index (χ0n) is 9.72. The fourth-order valence-electron chi connectivity index (χ4n) is 1.69. The highest BCUT2D eigenvalue weighted by atomic mass is 35.5. The molecule has 0 aliphatic rings. The third-order valence-electron chi connectivity index (χ3n) is 2.53. The van der Waals surface area contributed by atoms with E-state index in [2.05, 4.69) is 15.0 Å². The van der Waals surface area contributed by atoms with Gasteiger partial charge in [-0.05, 0) is 18.4 Å². The second kappa shape index (κ2) is 5.25. The second-order valence-electron chi connectivity index (χ2n) is 3.65. The molecule has 0 bridgehead atoms. The van der Waals surface area contributed by atoms with Crippen LogP contribution in [0.4, 0.5) is 0 Å². The molecule has 0 saturated carbocycles. The van der Waals surface area contributed by atoms with Gasteiger partial charge in [0.25, 0.3) is 0 Å². The monoisotopic (exact) mass is 327 g/mol. The molecule has 0 spiro atoms. The van der Waals surface area contributed by atoms with Crippen molar-refractivity contribution in [2.75, 3.05) is 6.26 Å². The van der Waals surface area contributed by atoms with E-state index in [4.69, 9.17) is 23.2 Å². The molecule has 3 rings (SSSR count). The zero-order chi connectivity index (χ0) is 13.4. The van der Waals surface area contributed by atoms with E-state index in [1.165, 1.54) is 17.7 Å². The number of hydrogen-bond donors (Lipinski definition) is 0. The number of nitrogens with zero attached hydrogens (tertiary/aromatic N) is 3. The van der Waals surface area contributed by atoms with E-state index in [9.17, 15) is 0 Å². The van der Waals surface area contributed by atoms with Crippen molar-refractivity contribution in [3.05, 3.63) is 34.6 Å². The van der Waals surface area contributed by atoms with Crippen LogP contribution in [0.15, 0.2) is 29.6 Å². The van der Waals surface area contributed by atoms with Gasteiger partial charge < -0.3 is 0 Å². The minimum atomic E-state index is 0.588. The standard InChI is InChI=1S/C12H7Cl2N3S2/c1-18-12-9-10(15-5-16-12)17-11(19-9)8-6(13)3-2-4-7(8)14/h2-5H,1H3. The summed E-state index contributed by atoms with van der Waals surface area (Å²) in [5, 5.41) is 2.86. The van der Waals surface area contributed by atoms with E-state index >= 15 is 0 Å². The summed E-state index contributed by atoms with van der Waals surface area (Å²) in [4.78, 5) is 12.9. The number of thioether (sulfide) groups is 1. The Labute approximate surface area is 128 Å². The molecule has 7 heteroatoms. The summed E-state index contributed by atoms with van der Waals surface area (Å²) in [6.07, 6.45) is 3.50. The predicted molar refractivity (Wildman–Crippen MR) is 82.4 cm³/mol. The van der Waals surface area contributed by atoms with Gasteiger partial charge in [0.1, 0.15) is 21.1 Å². The lowest BCUT2D eigenvalue weighted by molar-refractivity contribution is 1.10. The van der Waals surface area contributed by atoms with Crippen molar-refractivity contribution in [3.8, 4) is 10.6 Å². The molecule has 3 aromatic rings. The SMILES string of the molecule is CSc1ncnc2nc(-c3c(Cl)cccc3Cl)sc12. The van der Waals surface area contributed by atoms with Crippen molar-refractivity contribution in [1.82, 2.24) is 15.0 Å². The largest absolute Gasteiger partial charge is 0.228 e. The van der Waals surface area contributed by atoms with Crippen LogP contribution in [0, 0.1) is 0 Å². The van der Waals surface area contributed by atoms with Crippen LogP contribution in [0.1, 0.15) is 0 Å². The first-order valence-electron chi connectivity index (χ1n) is 5.30. The van der Waals surface area contributed by atoms with Crippen molar-refractivity contribution in [1.29, 1.82) is 0 Å². The summed E-state index contributed by atoms with van der Waals surface area (Å²) < 4.78 is 0.959. The lowest BCUT2D eigenvalue weighted by Crippen LogP contribution is -1.83. The molecule has 0 aliphatic heterocycles. The van der Waals surface area contributed by atoms with Gasteiger partial charge in [0.15, 0.2) is 5.65 Å². The molecule has 0 atom stereocenters. The van der Waals surface area contributed by atoms with E-state index < -0.39 is 0 Å². The molecule has 1 aromatic carbocycles. The molecule has 0 unspecified atom stereocenters. The third kappa shape index (κ3) is 2.31. The lowest BCUT2D eigenvalue weighted by Gasteiger charge is -2.01. The van der Waals surface area contributed by atoms with Crippen LogP contribution in [0.2, 0.25) is 10.0 Å². The molecule has 0 fully saturated rings. The van der Waals surface area contributed by atoms with Crippen LogP contribution >= 0.6 is 46.3 Å². The van der Waals surface area contributed by atoms with Crippen molar-refractivity contribution in [3.63, 3.8) is 0 Å². The Balaban J connectivity index is 2.27. The molecule has 0 aliphatic carbocycles. The van der Waals surface area contributed by atoms with Crippen molar-refractivity contribution < 1.29 is 0 Å². The molecule has 96 valence electrons. The Kier molecular flexibility index (Phi) is 3.62. The number of thiazole rings is 1. The van der Waals surface area contributed by atoms with E-state index in [0.717, 1.165) is 20.3 Å². The first kappa shape index (κ1) is 13.1. The number of benzene rings is 1. The van der Waals surface area contributed by atoms with Gasteiger partial charge in [-0.25, -0.2) is 15.0 Å². The summed E-state index contributed by atoms with van der Waals surface area (Å²) in [6, 6.07) is 5.42. The highest BCUT2D eigenvalue weighted by molar-refractivity contribution is 7.98. The molecule has 0 N–H and O–H groups in total. The van der Waals surface area contributed by atoms with Crippen LogP contribution in [0.5, 0.6) is 0 Å². The van der Waals surface area contributed by atoms with Gasteiger partial charge in [-0.3, -0.25) is 0 Å². The van der Waals surface area contributed by atoms with Crippen LogP contribution in [0.25, 0.3) is 20.9 Å². The van der Waals surface area contributed by atoms with Gasteiger partial charge in [-0.1, -0.05) is 29.3 Å². The fraction of sp³-hybridized carbons (Fsp3) is 0.0833. The topological polar surface area (TPSA) is 38.7 Å². The Morgan fingerprint density at radius 2 is 1.89 bits per heavy atom. The summed E-state index contributed by atoms with van der Waals surface area (Å²) in [5.74, 6) is 0. The molecular weight excluding hydrogens is 321 g/mol. The highest BCUT2D eigenvalue weighted by Crippen LogP contribution is 2.39. The Hall–Kier alpha value is -0.880. The van der Waals surface area contributed by atoms with Gasteiger partial charge in [-0.2, -0.15) is 0 Å². The fourth-order valence-corrected chi connectivity index (χ4v) is 4.16. The molecule has 3 nitrogen and oxygen atoms in total. The third-order valence-corrected chi connectivity index (χ3v) is 5.05. The second-order valence-corrected chi connectivity index (χ2v) is 6.26. The average Bonchev–Trinajstić information content (AvgIpc) is 2.81. The van der Waals surface area contributed by atoms with Gasteiger partial charge in [0, 0.05) is 5.56 Å². The minimum Gasteiger partial charge on any atom is -0.228 e. The number of halogens is 2. The lowest BCUT2D eigenvalue weighted by atomic mass is 10.2. The Bertz CT molecular complexity index is 738. The van der Waals surface area contributed by atoms with E-state index in [1.54, 1.807) is 23.9 Å². The number of aromatic nitrogens is 3. The maximum atomic E-state index is 6.21. The van der Waals surface area contributed by atoms with Gasteiger partial charge in [-0.15, -0.1) is 23.1 Å². The van der Waals surface area contributed by atoms with Crippen LogP contribution in [-0.4, -0.2) is 21.2 Å². The van der Waals surface area contributed by atoms with Crippen molar-refractivity contribution in [2.45, 2.75) is 5.03 Å². The van der Waals surface area contributed by atoms with Gasteiger partial charge in [0.2, 0.25) is 0 Å². The normalized spacial score (nSPS) is 11.1. The maximum absolute atomic E-state index is 6.21. The Morgan fingerprint density at radius 3 is 2.58 bits per heavy atom. The number of hydrogen-bond acceptors (Lipinski definition) is 5. The summed E-state index contributed by atoms with van der Waals surface area (Å²) in [6.45, 7) is 0. The van der Waals surface area contributed by atoms with E-state index in [0.29, 0.717) is 15.7 Å². The summed E-state index contributed by atoms with van der Waals surface area (Å²) >= 11 is 15.5. The number of fused-ring (bicyclic) bond motifs is 1. The van der Waals surface area contributed by atoms with Crippen LogP contribution in [0.3, 0.4) is 0 Å². The van der Waals surface area contributed by atoms with Gasteiger partial charge in [0.05, 0.1) is 10.0 Å². The smallest absolute Gasteiger partial charge is 0.175 e. The minimum absolute atomic E-state index is 0.588. The predicted octanol–water partition coefficient (Wildman–Crippen LogP) is 4.78. The van der Waals surface area contributed by atoms with Gasteiger partial charge >= 0.3 is 0 Å². The number of rotatable bonds is 2. The quantitative estimate of drug-likeness (QED) is 0.501. The summed E-state index contributed by atoms with van der Waals surface area (Å²) in [5.41, 5.74) is 1.43. The zero-order valence-corrected chi connectivity index (χ0v) is 12.9. The highest BCUT2D eigenvalue weighted by Gasteiger charge is 2.15. The van der Waals surface area contributed by atoms with Crippen LogP contribution in [-0.2, 0) is 0 Å². The Morgan fingerprint density at radius 1 is 1.16 bits per heavy atom. The maximum Gasteiger partial charge on any atom is 0.175 e. The molecule has 0 saturated heterocycles. The molecule has 0 amide bonds. The van der Waals surface area contributed by atoms with Crippen LogP contribution < -0.4 is 0 Å². The molecule has 2 aromatic heterocycles. The van der Waals surface area contributed by atoms with Crippen molar-refractivity contribution in [2.24, 2.45) is 0 Å². The van der Waals surface area contributed by atoms with E-state index in [1.807, 2.05) is 12.3 Å². The molecule has 0 radical (unpaired) electrons. The first-order valence-corrected chi connectivity index (χ1v) is 8.10. The average molecular weight is 328 g/mol. The van der Waals surface area contributed by atoms with Crippen molar-refractivity contribution >= 4 is 56.6 Å². The summed E-state index contributed by atoms with van der Waals surface area (Å²) in [7, 11) is 0. The van der Waals surface area contributed by atoms with E-state index in [-0.39, 0.29) is 0 Å². The first-order chi connectivity index (χ1) is 9.20.